The van der Waals surface area contributed by atoms with Gasteiger partial charge in [0.1, 0.15) is 0 Å². The third-order valence-corrected chi connectivity index (χ3v) is 22.3. The molecule has 2 aliphatic carbocycles. The van der Waals surface area contributed by atoms with Crippen molar-refractivity contribution in [3.63, 3.8) is 0 Å². The molecule has 0 aromatic heterocycles. The number of allylic oxidation sites excluding steroid dienone is 8. The summed E-state index contributed by atoms with van der Waals surface area (Å²) in [5.74, 6) is 0. The van der Waals surface area contributed by atoms with Crippen molar-refractivity contribution < 1.29 is 17.4 Å². The Labute approximate surface area is 140 Å². The van der Waals surface area contributed by atoms with E-state index in [0.29, 0.717) is 0 Å². The van der Waals surface area contributed by atoms with Crippen molar-refractivity contribution in [3.8, 4) is 0 Å². The zero-order chi connectivity index (χ0) is 17.0. The zero-order valence-corrected chi connectivity index (χ0v) is 19.8. The molecule has 22 heavy (non-hydrogen) atoms. The Bertz CT molecular complexity index is 622. The molecule has 0 bridgehead atoms. The van der Waals surface area contributed by atoms with Gasteiger partial charge in [-0.25, -0.2) is 0 Å². The average Bonchev–Trinajstić information content (AvgIpc) is 2.97. The normalized spacial score (nSPS) is 20.6. The number of rotatable bonds is 2. The van der Waals surface area contributed by atoms with Crippen molar-refractivity contribution >= 4 is 6.88 Å². The third-order valence-electron chi connectivity index (χ3n) is 5.41. The molecule has 0 amide bonds. The van der Waals surface area contributed by atoms with Gasteiger partial charge in [0.25, 0.3) is 0 Å². The Kier molecular flexibility index (Phi) is 4.42. The summed E-state index contributed by atoms with van der Waals surface area (Å²) in [6.07, 6.45) is 12.0. The predicted octanol–water partition coefficient (Wildman–Crippen LogP) is 5.84. The van der Waals surface area contributed by atoms with Gasteiger partial charge in [-0.15, -0.1) is 0 Å². The van der Waals surface area contributed by atoms with Crippen molar-refractivity contribution in [2.24, 2.45) is 10.8 Å². The van der Waals surface area contributed by atoms with E-state index >= 15 is 0 Å². The van der Waals surface area contributed by atoms with E-state index in [4.69, 9.17) is 0 Å². The second kappa shape index (κ2) is 5.28. The topological polar surface area (TPSA) is 0 Å². The zero-order valence-electron chi connectivity index (χ0n) is 15.9. The van der Waals surface area contributed by atoms with Gasteiger partial charge in [0.2, 0.25) is 0 Å². The summed E-state index contributed by atoms with van der Waals surface area (Å²) >= 11 is -3.06. The first-order valence-electron chi connectivity index (χ1n) is 8.62. The number of hydrogen-bond acceptors (Lipinski definition) is 0. The molecule has 0 unspecified atom stereocenters. The molecule has 0 nitrogen and oxygen atoms in total. The van der Waals surface area contributed by atoms with E-state index in [2.05, 4.69) is 82.0 Å². The van der Waals surface area contributed by atoms with Crippen LogP contribution in [0.15, 0.2) is 42.0 Å². The molecule has 0 aromatic rings. The Morgan fingerprint density at radius 1 is 0.773 bits per heavy atom. The second-order valence-corrected chi connectivity index (χ2v) is 38.9. The molecular formula is C20H34SiZr. The van der Waals surface area contributed by atoms with Crippen LogP contribution in [0.3, 0.4) is 0 Å². The van der Waals surface area contributed by atoms with Crippen LogP contribution < -0.4 is 0 Å². The summed E-state index contributed by atoms with van der Waals surface area (Å²) in [5.41, 5.74) is 3.79. The minimum absolute atomic E-state index is 0.262. The van der Waals surface area contributed by atoms with Gasteiger partial charge in [-0.05, 0) is 0 Å². The Morgan fingerprint density at radius 3 is 1.36 bits per heavy atom. The molecular weight excluding hydrogens is 360 g/mol. The monoisotopic (exact) mass is 392 g/mol. The van der Waals surface area contributed by atoms with Gasteiger partial charge in [0.05, 0.1) is 0 Å². The molecule has 0 fully saturated rings. The van der Waals surface area contributed by atoms with Crippen molar-refractivity contribution in [2.45, 2.75) is 63.6 Å². The van der Waals surface area contributed by atoms with E-state index in [1.807, 2.05) is 6.56 Å². The van der Waals surface area contributed by atoms with Crippen molar-refractivity contribution in [1.29, 1.82) is 0 Å². The van der Waals surface area contributed by atoms with Crippen molar-refractivity contribution in [1.82, 2.24) is 0 Å². The van der Waals surface area contributed by atoms with Crippen LogP contribution in [0, 0.1) is 10.8 Å². The van der Waals surface area contributed by atoms with Gasteiger partial charge in [0, 0.05) is 0 Å². The molecule has 0 heterocycles. The van der Waals surface area contributed by atoms with E-state index in [-0.39, 0.29) is 10.8 Å². The predicted molar refractivity (Wildman–Crippen MR) is 101 cm³/mol. The molecule has 0 atom stereocenters. The summed E-state index contributed by atoms with van der Waals surface area (Å²) in [6.45, 7) is 16.6. The third kappa shape index (κ3) is 3.16. The molecule has 0 N–H and O–H groups in total. The van der Waals surface area contributed by atoms with Gasteiger partial charge in [-0.1, -0.05) is 0 Å². The van der Waals surface area contributed by atoms with E-state index in [9.17, 15) is 0 Å². The molecule has 122 valence electrons. The van der Waals surface area contributed by atoms with E-state index in [1.54, 1.807) is 11.1 Å². The first kappa shape index (κ1) is 18.4. The summed E-state index contributed by atoms with van der Waals surface area (Å²) in [6, 6.07) is 0. The van der Waals surface area contributed by atoms with Crippen molar-refractivity contribution in [2.75, 3.05) is 0 Å². The van der Waals surface area contributed by atoms with E-state index in [0.717, 1.165) is 0 Å². The van der Waals surface area contributed by atoms with Crippen LogP contribution in [0.2, 0.25) is 9.26 Å². The van der Waals surface area contributed by atoms with Gasteiger partial charge in [0.15, 0.2) is 0 Å². The van der Waals surface area contributed by atoms with Gasteiger partial charge in [-0.3, -0.25) is 0 Å². The molecule has 0 aliphatic heterocycles. The fourth-order valence-electron chi connectivity index (χ4n) is 4.12. The maximum absolute atomic E-state index is 3.06. The first-order chi connectivity index (χ1) is 9.74. The van der Waals surface area contributed by atoms with Crippen LogP contribution >= 0.6 is 0 Å². The van der Waals surface area contributed by atoms with Crippen LogP contribution in [-0.4, -0.2) is 6.88 Å². The van der Waals surface area contributed by atoms with Crippen molar-refractivity contribution in [3.05, 3.63) is 42.0 Å². The molecule has 0 saturated heterocycles. The maximum atomic E-state index is 2.67. The van der Waals surface area contributed by atoms with E-state index in [1.165, 1.54) is 12.8 Å². The SMILES string of the molecule is CC(C)(C)C1=[C]([Zr]([CH3])([CH3])(=[SiH2])[C]2=C(C(C)(C)C)C=CC2)CC=C1. The molecule has 0 spiro atoms. The summed E-state index contributed by atoms with van der Waals surface area (Å²) in [5, 5.41) is 0. The van der Waals surface area contributed by atoms with Crippen LogP contribution in [0.5, 0.6) is 0 Å². The fraction of sp³-hybridized carbons (Fsp3) is 0.600. The average molecular weight is 394 g/mol. The van der Waals surface area contributed by atoms with Gasteiger partial charge >= 0.3 is 141 Å². The Balaban J connectivity index is 2.71. The summed E-state index contributed by atoms with van der Waals surface area (Å²) < 4.78 is 8.99. The Morgan fingerprint density at radius 2 is 1.09 bits per heavy atom. The quantitative estimate of drug-likeness (QED) is 0.517. The Hall–Kier alpha value is 0.0600. The summed E-state index contributed by atoms with van der Waals surface area (Å²) in [4.78, 5) is 0. The fourth-order valence-corrected chi connectivity index (χ4v) is 19.3. The van der Waals surface area contributed by atoms with Crippen LogP contribution in [0.4, 0.5) is 0 Å². The minimum atomic E-state index is -3.06. The second-order valence-electron chi connectivity index (χ2n) is 10.2. The molecule has 0 aromatic carbocycles. The molecule has 0 saturated carbocycles. The first-order valence-corrected chi connectivity index (χ1v) is 21.9. The standard InChI is InChI=1S/2C9H13.2CH3.H2Si.Zr/c2*1-9(2,3)8-6-4-5-7-8;;;;/h2*4,6H,5H2,1-3H3;2*1H3;1H2;. The number of hydrogen-bond donors (Lipinski definition) is 0. The summed E-state index contributed by atoms with van der Waals surface area (Å²) in [7, 11) is 0. The molecule has 2 rings (SSSR count). The molecule has 2 heteroatoms. The molecule has 0 radical (unpaired) electrons. The van der Waals surface area contributed by atoms with Gasteiger partial charge < -0.3 is 0 Å². The van der Waals surface area contributed by atoms with E-state index < -0.39 is 17.4 Å². The van der Waals surface area contributed by atoms with Crippen LogP contribution in [0.1, 0.15) is 54.4 Å². The van der Waals surface area contributed by atoms with Crippen LogP contribution in [0.25, 0.3) is 0 Å². The van der Waals surface area contributed by atoms with Crippen LogP contribution in [-0.2, 0) is 17.4 Å². The molecule has 2 aliphatic rings. The van der Waals surface area contributed by atoms with Gasteiger partial charge in [-0.2, -0.15) is 0 Å².